The van der Waals surface area contributed by atoms with Gasteiger partial charge >= 0.3 is 0 Å². The van der Waals surface area contributed by atoms with Gasteiger partial charge in [0.2, 0.25) is 10.0 Å². The van der Waals surface area contributed by atoms with Crippen LogP contribution in [-0.4, -0.2) is 36.8 Å². The molecule has 1 heterocycles. The highest BCUT2D eigenvalue weighted by Gasteiger charge is 2.30. The molecule has 0 unspecified atom stereocenters. The summed E-state index contributed by atoms with van der Waals surface area (Å²) in [6, 6.07) is 4.41. The van der Waals surface area contributed by atoms with E-state index in [0.29, 0.717) is 18.8 Å². The molecule has 7 nitrogen and oxygen atoms in total. The van der Waals surface area contributed by atoms with Crippen LogP contribution in [-0.2, 0) is 10.0 Å². The number of nitrogens with one attached hydrogen (secondary N) is 1. The lowest BCUT2D eigenvalue weighted by atomic mass is 10.2. The fraction of sp³-hybridized carbons (Fsp3) is 0.600. The third kappa shape index (κ3) is 3.32. The molecule has 1 saturated heterocycles. The van der Waals surface area contributed by atoms with Crippen LogP contribution in [0, 0.1) is 10.1 Å². The smallest absolute Gasteiger partial charge is 0.293 e. The predicted molar refractivity (Wildman–Crippen MR) is 87.0 cm³/mol. The molecule has 0 spiro atoms. The highest BCUT2D eigenvalue weighted by Crippen LogP contribution is 2.32. The summed E-state index contributed by atoms with van der Waals surface area (Å²) in [5, 5.41) is 14.5. The summed E-state index contributed by atoms with van der Waals surface area (Å²) in [7, 11) is -3.64. The van der Waals surface area contributed by atoms with Crippen LogP contribution in [0.15, 0.2) is 23.1 Å². The van der Waals surface area contributed by atoms with Gasteiger partial charge in [-0.3, -0.25) is 10.1 Å². The Labute approximate surface area is 135 Å². The van der Waals surface area contributed by atoms with Crippen molar-refractivity contribution in [2.24, 2.45) is 0 Å². The molecule has 1 aromatic rings. The van der Waals surface area contributed by atoms with E-state index >= 15 is 0 Å². The minimum Gasteiger partial charge on any atom is -0.377 e. The Kier molecular flexibility index (Phi) is 4.54. The summed E-state index contributed by atoms with van der Waals surface area (Å²) in [5.41, 5.74) is 0.236. The third-order valence-corrected chi connectivity index (χ3v) is 6.48. The van der Waals surface area contributed by atoms with Crippen molar-refractivity contribution in [3.63, 3.8) is 0 Å². The lowest BCUT2D eigenvalue weighted by Gasteiger charge is -2.17. The van der Waals surface area contributed by atoms with E-state index in [4.69, 9.17) is 0 Å². The second-order valence-corrected chi connectivity index (χ2v) is 8.11. The fourth-order valence-electron chi connectivity index (χ4n) is 3.31. The number of hydrogen-bond acceptors (Lipinski definition) is 5. The number of rotatable bonds is 5. The summed E-state index contributed by atoms with van der Waals surface area (Å²) in [4.78, 5) is 10.8. The Balaban J connectivity index is 1.91. The molecule has 1 aliphatic heterocycles. The van der Waals surface area contributed by atoms with Crippen molar-refractivity contribution >= 4 is 21.4 Å². The summed E-state index contributed by atoms with van der Waals surface area (Å²) in [5.74, 6) is 0. The first-order chi connectivity index (χ1) is 11.0. The van der Waals surface area contributed by atoms with E-state index in [0.717, 1.165) is 38.5 Å². The summed E-state index contributed by atoms with van der Waals surface area (Å²) < 4.78 is 26.5. The van der Waals surface area contributed by atoms with E-state index in [1.165, 1.54) is 22.5 Å². The standard InChI is InChI=1S/C15H21N3O4S/c19-18(20)15-11-13(23(21,22)17-9-3-4-10-17)7-8-14(15)16-12-5-1-2-6-12/h7-8,11-12,16H,1-6,9-10H2. The molecule has 1 saturated carbocycles. The second-order valence-electron chi connectivity index (χ2n) is 6.17. The highest BCUT2D eigenvalue weighted by atomic mass is 32.2. The van der Waals surface area contributed by atoms with Gasteiger partial charge in [0.15, 0.2) is 0 Å². The lowest BCUT2D eigenvalue weighted by Crippen LogP contribution is -2.28. The van der Waals surface area contributed by atoms with Gasteiger partial charge in [-0.1, -0.05) is 12.8 Å². The highest BCUT2D eigenvalue weighted by molar-refractivity contribution is 7.89. The largest absolute Gasteiger partial charge is 0.377 e. The molecule has 3 rings (SSSR count). The quantitative estimate of drug-likeness (QED) is 0.658. The molecular weight excluding hydrogens is 318 g/mol. The van der Waals surface area contributed by atoms with Crippen molar-refractivity contribution in [3.8, 4) is 0 Å². The van der Waals surface area contributed by atoms with Crippen molar-refractivity contribution in [2.45, 2.75) is 49.5 Å². The van der Waals surface area contributed by atoms with Gasteiger partial charge in [0, 0.05) is 25.2 Å². The number of sulfonamides is 1. The minimum atomic E-state index is -3.64. The minimum absolute atomic E-state index is 0.00284. The number of benzene rings is 1. The Morgan fingerprint density at radius 2 is 1.78 bits per heavy atom. The molecule has 0 amide bonds. The lowest BCUT2D eigenvalue weighted by molar-refractivity contribution is -0.384. The van der Waals surface area contributed by atoms with Crippen molar-refractivity contribution in [2.75, 3.05) is 18.4 Å². The molecule has 1 aliphatic carbocycles. The van der Waals surface area contributed by atoms with Gasteiger partial charge in [-0.15, -0.1) is 0 Å². The van der Waals surface area contributed by atoms with Gasteiger partial charge in [0.25, 0.3) is 5.69 Å². The van der Waals surface area contributed by atoms with E-state index in [9.17, 15) is 18.5 Å². The summed E-state index contributed by atoms with van der Waals surface area (Å²) in [6.07, 6.45) is 5.89. The number of anilines is 1. The van der Waals surface area contributed by atoms with Crippen LogP contribution in [0.4, 0.5) is 11.4 Å². The molecule has 23 heavy (non-hydrogen) atoms. The molecule has 2 fully saturated rings. The molecule has 0 bridgehead atoms. The van der Waals surface area contributed by atoms with Gasteiger partial charge in [0.05, 0.1) is 9.82 Å². The van der Waals surface area contributed by atoms with E-state index in [2.05, 4.69) is 5.32 Å². The summed E-state index contributed by atoms with van der Waals surface area (Å²) >= 11 is 0. The van der Waals surface area contributed by atoms with Crippen molar-refractivity contribution in [1.82, 2.24) is 4.31 Å². The van der Waals surface area contributed by atoms with E-state index in [1.807, 2.05) is 0 Å². The molecule has 0 atom stereocenters. The zero-order valence-electron chi connectivity index (χ0n) is 12.9. The molecule has 1 N–H and O–H groups in total. The van der Waals surface area contributed by atoms with E-state index in [-0.39, 0.29) is 16.6 Å². The van der Waals surface area contributed by atoms with Crippen molar-refractivity contribution in [3.05, 3.63) is 28.3 Å². The molecule has 1 aromatic carbocycles. The maximum absolute atomic E-state index is 12.5. The van der Waals surface area contributed by atoms with Crippen LogP contribution in [0.1, 0.15) is 38.5 Å². The SMILES string of the molecule is O=[N+]([O-])c1cc(S(=O)(=O)N2CCCC2)ccc1NC1CCCC1. The van der Waals surface area contributed by atoms with Gasteiger partial charge in [-0.05, 0) is 37.8 Å². The van der Waals surface area contributed by atoms with Gasteiger partial charge in [-0.25, -0.2) is 8.42 Å². The van der Waals surface area contributed by atoms with Gasteiger partial charge in [0.1, 0.15) is 5.69 Å². The van der Waals surface area contributed by atoms with E-state index < -0.39 is 14.9 Å². The number of nitrogens with zero attached hydrogens (tertiary/aromatic N) is 2. The van der Waals surface area contributed by atoms with Crippen molar-refractivity contribution in [1.29, 1.82) is 0 Å². The number of nitro benzene ring substituents is 1. The van der Waals surface area contributed by atoms with Crippen LogP contribution in [0.2, 0.25) is 0 Å². The molecule has 8 heteroatoms. The van der Waals surface area contributed by atoms with Gasteiger partial charge < -0.3 is 5.32 Å². The Bertz CT molecular complexity index is 693. The average molecular weight is 339 g/mol. The van der Waals surface area contributed by atoms with Gasteiger partial charge in [-0.2, -0.15) is 4.31 Å². The predicted octanol–water partition coefficient (Wildman–Crippen LogP) is 2.73. The third-order valence-electron chi connectivity index (χ3n) is 4.58. The Hall–Kier alpha value is -1.67. The van der Waals surface area contributed by atoms with E-state index in [1.54, 1.807) is 0 Å². The maximum Gasteiger partial charge on any atom is 0.293 e. The zero-order valence-corrected chi connectivity index (χ0v) is 13.7. The molecular formula is C15H21N3O4S. The first-order valence-electron chi connectivity index (χ1n) is 8.03. The maximum atomic E-state index is 12.5. The molecule has 0 radical (unpaired) electrons. The van der Waals surface area contributed by atoms with Crippen LogP contribution < -0.4 is 5.32 Å². The monoisotopic (exact) mass is 339 g/mol. The van der Waals surface area contributed by atoms with Crippen molar-refractivity contribution < 1.29 is 13.3 Å². The number of hydrogen-bond donors (Lipinski definition) is 1. The first-order valence-corrected chi connectivity index (χ1v) is 9.47. The van der Waals surface area contributed by atoms with Crippen LogP contribution in [0.5, 0.6) is 0 Å². The Morgan fingerprint density at radius 3 is 2.39 bits per heavy atom. The van der Waals surface area contributed by atoms with Crippen LogP contribution >= 0.6 is 0 Å². The topological polar surface area (TPSA) is 92.5 Å². The molecule has 126 valence electrons. The Morgan fingerprint density at radius 1 is 1.13 bits per heavy atom. The van der Waals surface area contributed by atoms with Crippen LogP contribution in [0.3, 0.4) is 0 Å². The first kappa shape index (κ1) is 16.2. The second kappa shape index (κ2) is 6.45. The normalized spacial score (nSPS) is 20.0. The summed E-state index contributed by atoms with van der Waals surface area (Å²) in [6.45, 7) is 0.969. The zero-order chi connectivity index (χ0) is 16.4. The number of nitro groups is 1. The average Bonchev–Trinajstić information content (AvgIpc) is 3.20. The molecule has 0 aromatic heterocycles. The fourth-order valence-corrected chi connectivity index (χ4v) is 4.85. The molecule has 2 aliphatic rings. The van der Waals surface area contributed by atoms with Crippen LogP contribution in [0.25, 0.3) is 0 Å².